The zero-order valence-electron chi connectivity index (χ0n) is 11.5. The SMILES string of the molecule is NC(=O)CSc1ccccc1NC1CN2CCC1CC2. The molecule has 1 atom stereocenters. The molecule has 5 heteroatoms. The predicted molar refractivity (Wildman–Crippen MR) is 82.9 cm³/mol. The number of benzene rings is 1. The first-order valence-electron chi connectivity index (χ1n) is 7.21. The van der Waals surface area contributed by atoms with Gasteiger partial charge in [-0.3, -0.25) is 4.79 Å². The highest BCUT2D eigenvalue weighted by molar-refractivity contribution is 8.00. The summed E-state index contributed by atoms with van der Waals surface area (Å²) in [6.07, 6.45) is 2.60. The maximum absolute atomic E-state index is 11.0. The van der Waals surface area contributed by atoms with E-state index in [1.165, 1.54) is 37.7 Å². The van der Waals surface area contributed by atoms with E-state index >= 15 is 0 Å². The van der Waals surface area contributed by atoms with Crippen molar-refractivity contribution in [2.75, 3.05) is 30.7 Å². The number of nitrogens with two attached hydrogens (primary N) is 1. The van der Waals surface area contributed by atoms with Crippen molar-refractivity contribution in [1.82, 2.24) is 4.90 Å². The van der Waals surface area contributed by atoms with Crippen LogP contribution in [-0.2, 0) is 4.79 Å². The van der Waals surface area contributed by atoms with Gasteiger partial charge in [-0.05, 0) is 44.0 Å². The number of amides is 1. The van der Waals surface area contributed by atoms with Gasteiger partial charge >= 0.3 is 0 Å². The molecule has 20 heavy (non-hydrogen) atoms. The quantitative estimate of drug-likeness (QED) is 0.812. The topological polar surface area (TPSA) is 58.4 Å². The number of hydrogen-bond donors (Lipinski definition) is 2. The number of thioether (sulfide) groups is 1. The molecule has 0 aliphatic carbocycles. The lowest BCUT2D eigenvalue weighted by atomic mass is 9.84. The van der Waals surface area contributed by atoms with Crippen molar-refractivity contribution in [3.63, 3.8) is 0 Å². The molecule has 3 N–H and O–H groups in total. The molecule has 3 aliphatic rings. The zero-order chi connectivity index (χ0) is 13.9. The summed E-state index contributed by atoms with van der Waals surface area (Å²) in [5.74, 6) is 0.848. The standard InChI is InChI=1S/C15H21N3OS/c16-15(19)10-20-14-4-2-1-3-12(14)17-13-9-18-7-5-11(13)6-8-18/h1-4,11,13,17H,5-10H2,(H2,16,19). The fraction of sp³-hybridized carbons (Fsp3) is 0.533. The molecule has 1 aromatic carbocycles. The first kappa shape index (κ1) is 13.8. The summed E-state index contributed by atoms with van der Waals surface area (Å²) in [4.78, 5) is 14.6. The van der Waals surface area contributed by atoms with Crippen molar-refractivity contribution in [2.24, 2.45) is 11.7 Å². The van der Waals surface area contributed by atoms with Gasteiger partial charge in [-0.25, -0.2) is 0 Å². The predicted octanol–water partition coefficient (Wildman–Crippen LogP) is 1.77. The minimum Gasteiger partial charge on any atom is -0.380 e. The van der Waals surface area contributed by atoms with E-state index in [-0.39, 0.29) is 5.91 Å². The molecule has 3 saturated heterocycles. The van der Waals surface area contributed by atoms with Gasteiger partial charge in [0.2, 0.25) is 5.91 Å². The van der Waals surface area contributed by atoms with Gasteiger partial charge in [0.1, 0.15) is 0 Å². The normalized spacial score (nSPS) is 28.3. The van der Waals surface area contributed by atoms with Crippen molar-refractivity contribution in [2.45, 2.75) is 23.8 Å². The Bertz CT molecular complexity index is 486. The highest BCUT2D eigenvalue weighted by Crippen LogP contribution is 2.33. The average molecular weight is 291 g/mol. The summed E-state index contributed by atoms with van der Waals surface area (Å²) in [6.45, 7) is 3.64. The molecule has 1 aromatic rings. The maximum atomic E-state index is 11.0. The third-order valence-electron chi connectivity index (χ3n) is 4.25. The Hall–Kier alpha value is -1.20. The zero-order valence-corrected chi connectivity index (χ0v) is 12.4. The number of rotatable bonds is 5. The Kier molecular flexibility index (Phi) is 4.17. The fourth-order valence-electron chi connectivity index (χ4n) is 3.19. The van der Waals surface area contributed by atoms with E-state index in [0.717, 1.165) is 23.0 Å². The third kappa shape index (κ3) is 3.10. The maximum Gasteiger partial charge on any atom is 0.227 e. The minimum absolute atomic E-state index is 0.271. The van der Waals surface area contributed by atoms with Crippen LogP contribution in [0.25, 0.3) is 0 Å². The van der Waals surface area contributed by atoms with E-state index < -0.39 is 0 Å². The monoisotopic (exact) mass is 291 g/mol. The van der Waals surface area contributed by atoms with Crippen molar-refractivity contribution in [3.05, 3.63) is 24.3 Å². The highest BCUT2D eigenvalue weighted by Gasteiger charge is 2.34. The van der Waals surface area contributed by atoms with Crippen molar-refractivity contribution < 1.29 is 4.79 Å². The molecule has 0 aromatic heterocycles. The first-order valence-corrected chi connectivity index (χ1v) is 8.20. The van der Waals surface area contributed by atoms with Gasteiger partial charge in [0.05, 0.1) is 5.75 Å². The largest absolute Gasteiger partial charge is 0.380 e. The number of fused-ring (bicyclic) bond motifs is 3. The van der Waals surface area contributed by atoms with Crippen LogP contribution >= 0.6 is 11.8 Å². The molecule has 4 rings (SSSR count). The molecule has 3 heterocycles. The van der Waals surface area contributed by atoms with Crippen LogP contribution in [0.1, 0.15) is 12.8 Å². The lowest BCUT2D eigenvalue weighted by Gasteiger charge is -2.45. The number of nitrogens with one attached hydrogen (secondary N) is 1. The second kappa shape index (κ2) is 6.06. The van der Waals surface area contributed by atoms with E-state index in [1.54, 1.807) is 0 Å². The molecular weight excluding hydrogens is 270 g/mol. The first-order chi connectivity index (χ1) is 9.72. The van der Waals surface area contributed by atoms with Gasteiger partial charge in [-0.2, -0.15) is 0 Å². The molecular formula is C15H21N3OS. The van der Waals surface area contributed by atoms with Crippen molar-refractivity contribution in [3.8, 4) is 0 Å². The summed E-state index contributed by atoms with van der Waals surface area (Å²) in [5, 5.41) is 3.69. The second-order valence-electron chi connectivity index (χ2n) is 5.64. The van der Waals surface area contributed by atoms with Crippen LogP contribution in [0.5, 0.6) is 0 Å². The van der Waals surface area contributed by atoms with E-state index in [1.807, 2.05) is 12.1 Å². The smallest absolute Gasteiger partial charge is 0.227 e. The number of nitrogens with zero attached hydrogens (tertiary/aromatic N) is 1. The number of carbonyl (C=O) groups excluding carboxylic acids is 1. The van der Waals surface area contributed by atoms with Crippen molar-refractivity contribution in [1.29, 1.82) is 0 Å². The second-order valence-corrected chi connectivity index (χ2v) is 6.66. The molecule has 3 aliphatic heterocycles. The van der Waals surface area contributed by atoms with Gasteiger partial charge in [0.15, 0.2) is 0 Å². The van der Waals surface area contributed by atoms with Crippen LogP contribution in [0.3, 0.4) is 0 Å². The molecule has 0 spiro atoms. The molecule has 0 saturated carbocycles. The van der Waals surface area contributed by atoms with Gasteiger partial charge in [0.25, 0.3) is 0 Å². The lowest BCUT2D eigenvalue weighted by molar-refractivity contribution is -0.115. The summed E-state index contributed by atoms with van der Waals surface area (Å²) in [6, 6.07) is 8.73. The van der Waals surface area contributed by atoms with Crippen LogP contribution in [0, 0.1) is 5.92 Å². The number of carbonyl (C=O) groups is 1. The number of anilines is 1. The summed E-state index contributed by atoms with van der Waals surface area (Å²) in [5.41, 5.74) is 6.37. The lowest BCUT2D eigenvalue weighted by Crippen LogP contribution is -2.53. The molecule has 1 amide bonds. The van der Waals surface area contributed by atoms with Gasteiger partial charge in [-0.1, -0.05) is 12.1 Å². The average Bonchev–Trinajstić information content (AvgIpc) is 2.47. The summed E-state index contributed by atoms with van der Waals surface area (Å²) in [7, 11) is 0. The Morgan fingerprint density at radius 2 is 2.10 bits per heavy atom. The van der Waals surface area contributed by atoms with Crippen LogP contribution < -0.4 is 11.1 Å². The minimum atomic E-state index is -0.271. The van der Waals surface area contributed by atoms with E-state index in [4.69, 9.17) is 5.73 Å². The van der Waals surface area contributed by atoms with Gasteiger partial charge < -0.3 is 16.0 Å². The Labute approximate surface area is 124 Å². The molecule has 108 valence electrons. The number of primary amides is 1. The van der Waals surface area contributed by atoms with Crippen LogP contribution in [0.15, 0.2) is 29.2 Å². The number of para-hydroxylation sites is 1. The van der Waals surface area contributed by atoms with E-state index in [2.05, 4.69) is 22.3 Å². The Morgan fingerprint density at radius 3 is 2.75 bits per heavy atom. The number of hydrogen-bond acceptors (Lipinski definition) is 4. The molecule has 2 bridgehead atoms. The Balaban J connectivity index is 1.69. The number of piperidine rings is 3. The van der Waals surface area contributed by atoms with Crippen molar-refractivity contribution >= 4 is 23.4 Å². The molecule has 4 nitrogen and oxygen atoms in total. The van der Waals surface area contributed by atoms with Gasteiger partial charge in [0, 0.05) is 23.2 Å². The summed E-state index contributed by atoms with van der Waals surface area (Å²) >= 11 is 1.51. The van der Waals surface area contributed by atoms with Gasteiger partial charge in [-0.15, -0.1) is 11.8 Å². The fourth-order valence-corrected chi connectivity index (χ4v) is 3.94. The van der Waals surface area contributed by atoms with E-state index in [9.17, 15) is 4.79 Å². The molecule has 3 fully saturated rings. The Morgan fingerprint density at radius 1 is 1.35 bits per heavy atom. The van der Waals surface area contributed by atoms with Crippen LogP contribution in [-0.4, -0.2) is 42.2 Å². The van der Waals surface area contributed by atoms with Crippen LogP contribution in [0.2, 0.25) is 0 Å². The van der Waals surface area contributed by atoms with Crippen LogP contribution in [0.4, 0.5) is 5.69 Å². The van der Waals surface area contributed by atoms with E-state index in [0.29, 0.717) is 11.8 Å². The molecule has 1 unspecified atom stereocenters. The third-order valence-corrected chi connectivity index (χ3v) is 5.35. The highest BCUT2D eigenvalue weighted by atomic mass is 32.2. The summed E-state index contributed by atoms with van der Waals surface area (Å²) < 4.78 is 0. The molecule has 0 radical (unpaired) electrons.